The third-order valence-corrected chi connectivity index (χ3v) is 4.05. The van der Waals surface area contributed by atoms with Gasteiger partial charge in [-0.15, -0.1) is 0 Å². The van der Waals surface area contributed by atoms with E-state index < -0.39 is 23.6 Å². The van der Waals surface area contributed by atoms with E-state index in [1.165, 1.54) is 24.3 Å². The number of hydrogen-bond acceptors (Lipinski definition) is 2. The average Bonchev–Trinajstić information content (AvgIpc) is 2.48. The number of amides is 1. The number of carboxylic acid groups (broad SMARTS) is 1. The van der Waals surface area contributed by atoms with Gasteiger partial charge in [-0.05, 0) is 42.0 Å². The molecule has 0 aliphatic rings. The van der Waals surface area contributed by atoms with E-state index in [4.69, 9.17) is 28.3 Å². The van der Waals surface area contributed by atoms with Crippen molar-refractivity contribution in [1.29, 1.82) is 0 Å². The lowest BCUT2D eigenvalue weighted by Crippen LogP contribution is -2.18. The fourth-order valence-electron chi connectivity index (χ4n) is 2.36. The highest BCUT2D eigenvalue weighted by Crippen LogP contribution is 2.35. The van der Waals surface area contributed by atoms with Gasteiger partial charge >= 0.3 is 5.97 Å². The number of nitrogens with one attached hydrogen (secondary N) is 1. The molecule has 0 aliphatic carbocycles. The van der Waals surface area contributed by atoms with Gasteiger partial charge in [0.1, 0.15) is 5.82 Å². The smallest absolute Gasteiger partial charge is 0.303 e. The molecule has 24 heavy (non-hydrogen) atoms. The predicted molar refractivity (Wildman–Crippen MR) is 91.1 cm³/mol. The minimum Gasteiger partial charge on any atom is -0.481 e. The molecule has 0 aliphatic heterocycles. The second kappa shape index (κ2) is 8.13. The summed E-state index contributed by atoms with van der Waals surface area (Å²) in [4.78, 5) is 23.3. The number of carboxylic acids is 1. The summed E-state index contributed by atoms with van der Waals surface area (Å²) >= 11 is 12.2. The molecule has 0 saturated carbocycles. The highest BCUT2D eigenvalue weighted by molar-refractivity contribution is 6.36. The summed E-state index contributed by atoms with van der Waals surface area (Å²) in [6.45, 7) is 0. The summed E-state index contributed by atoms with van der Waals surface area (Å²) in [6.07, 6.45) is -0.409. The van der Waals surface area contributed by atoms with Crippen LogP contribution in [0.5, 0.6) is 0 Å². The maximum Gasteiger partial charge on any atom is 0.303 e. The van der Waals surface area contributed by atoms with Gasteiger partial charge in [0.2, 0.25) is 5.91 Å². The Morgan fingerprint density at radius 2 is 1.62 bits per heavy atom. The Bertz CT molecular complexity index is 730. The Morgan fingerprint density at radius 3 is 2.17 bits per heavy atom. The molecule has 2 N–H and O–H groups in total. The van der Waals surface area contributed by atoms with Crippen LogP contribution in [0.4, 0.5) is 10.1 Å². The van der Waals surface area contributed by atoms with Crippen molar-refractivity contribution in [2.45, 2.75) is 18.8 Å². The maximum absolute atomic E-state index is 12.9. The Kier molecular flexibility index (Phi) is 6.17. The topological polar surface area (TPSA) is 66.4 Å². The lowest BCUT2D eigenvalue weighted by molar-refractivity contribution is -0.137. The van der Waals surface area contributed by atoms with Crippen LogP contribution in [0.1, 0.15) is 24.3 Å². The molecule has 0 unspecified atom stereocenters. The summed E-state index contributed by atoms with van der Waals surface area (Å²) in [6, 6.07) is 10.1. The summed E-state index contributed by atoms with van der Waals surface area (Å²) in [5, 5.41) is 12.3. The molecule has 2 rings (SSSR count). The zero-order valence-corrected chi connectivity index (χ0v) is 13.9. The summed E-state index contributed by atoms with van der Waals surface area (Å²) in [7, 11) is 0. The van der Waals surface area contributed by atoms with Crippen LogP contribution in [0.2, 0.25) is 10.0 Å². The minimum absolute atomic E-state index is 0.118. The van der Waals surface area contributed by atoms with Crippen molar-refractivity contribution in [2.75, 3.05) is 5.32 Å². The Hall–Kier alpha value is -2.11. The van der Waals surface area contributed by atoms with Crippen LogP contribution in [0, 0.1) is 5.82 Å². The van der Waals surface area contributed by atoms with Gasteiger partial charge < -0.3 is 10.4 Å². The van der Waals surface area contributed by atoms with Crippen molar-refractivity contribution in [3.05, 3.63) is 63.9 Å². The van der Waals surface area contributed by atoms with Crippen LogP contribution < -0.4 is 5.32 Å². The monoisotopic (exact) mass is 369 g/mol. The number of anilines is 1. The standard InChI is InChI=1S/C17H14Cl2FNO3/c18-13-2-1-3-14(19)17(13)10(9-16(23)24)8-15(22)21-12-6-4-11(20)5-7-12/h1-7,10H,8-9H2,(H,21,22)(H,23,24)/t10-/m0/s1. The first kappa shape index (κ1) is 18.2. The van der Waals surface area contributed by atoms with Gasteiger partial charge in [0, 0.05) is 28.1 Å². The number of carbonyl (C=O) groups is 2. The summed E-state index contributed by atoms with van der Waals surface area (Å²) in [5.41, 5.74) is 0.846. The van der Waals surface area contributed by atoms with Crippen LogP contribution in [0.25, 0.3) is 0 Å². The molecule has 126 valence electrons. The van der Waals surface area contributed by atoms with Gasteiger partial charge in [0.25, 0.3) is 0 Å². The van der Waals surface area contributed by atoms with E-state index in [-0.39, 0.29) is 12.8 Å². The van der Waals surface area contributed by atoms with Gasteiger partial charge in [-0.2, -0.15) is 0 Å². The quantitative estimate of drug-likeness (QED) is 0.773. The van der Waals surface area contributed by atoms with Crippen LogP contribution >= 0.6 is 23.2 Å². The molecule has 1 amide bonds. The normalized spacial score (nSPS) is 11.8. The fourth-order valence-corrected chi connectivity index (χ4v) is 3.06. The third-order valence-electron chi connectivity index (χ3n) is 3.39. The summed E-state index contributed by atoms with van der Waals surface area (Å²) in [5.74, 6) is -2.57. The number of carbonyl (C=O) groups excluding carboxylic acids is 1. The highest BCUT2D eigenvalue weighted by atomic mass is 35.5. The molecule has 7 heteroatoms. The van der Waals surface area contributed by atoms with Crippen molar-refractivity contribution < 1.29 is 19.1 Å². The van der Waals surface area contributed by atoms with Crippen LogP contribution in [0.15, 0.2) is 42.5 Å². The molecule has 0 bridgehead atoms. The zero-order valence-electron chi connectivity index (χ0n) is 12.4. The number of aliphatic carboxylic acids is 1. The maximum atomic E-state index is 12.9. The molecular formula is C17H14Cl2FNO3. The van der Waals surface area contributed by atoms with Gasteiger partial charge in [0.15, 0.2) is 0 Å². The first-order valence-electron chi connectivity index (χ1n) is 7.08. The Morgan fingerprint density at radius 1 is 1.04 bits per heavy atom. The van der Waals surface area contributed by atoms with Crippen LogP contribution in [0.3, 0.4) is 0 Å². The van der Waals surface area contributed by atoms with Gasteiger partial charge in [-0.1, -0.05) is 29.3 Å². The molecule has 4 nitrogen and oxygen atoms in total. The zero-order chi connectivity index (χ0) is 17.7. The molecule has 0 saturated heterocycles. The average molecular weight is 370 g/mol. The third kappa shape index (κ3) is 4.94. The highest BCUT2D eigenvalue weighted by Gasteiger charge is 2.24. The van der Waals surface area contributed by atoms with E-state index >= 15 is 0 Å². The van der Waals surface area contributed by atoms with E-state index in [1.807, 2.05) is 0 Å². The lowest BCUT2D eigenvalue weighted by Gasteiger charge is -2.18. The molecule has 0 radical (unpaired) electrons. The van der Waals surface area contributed by atoms with Crippen molar-refractivity contribution in [3.63, 3.8) is 0 Å². The lowest BCUT2D eigenvalue weighted by atomic mass is 9.92. The molecule has 0 aromatic heterocycles. The molecule has 0 spiro atoms. The van der Waals surface area contributed by atoms with E-state index in [9.17, 15) is 14.0 Å². The Balaban J connectivity index is 2.18. The van der Waals surface area contributed by atoms with E-state index in [0.29, 0.717) is 21.3 Å². The summed E-state index contributed by atoms with van der Waals surface area (Å²) < 4.78 is 12.9. The predicted octanol–water partition coefficient (Wildman–Crippen LogP) is 4.72. The van der Waals surface area contributed by atoms with E-state index in [1.54, 1.807) is 18.2 Å². The largest absolute Gasteiger partial charge is 0.481 e. The fraction of sp³-hybridized carbons (Fsp3) is 0.176. The van der Waals surface area contributed by atoms with Gasteiger partial charge in [0.05, 0.1) is 6.42 Å². The Labute approximate surface area is 148 Å². The molecule has 0 fully saturated rings. The van der Waals surface area contributed by atoms with Crippen molar-refractivity contribution in [3.8, 4) is 0 Å². The number of benzene rings is 2. The van der Waals surface area contributed by atoms with Crippen LogP contribution in [-0.4, -0.2) is 17.0 Å². The van der Waals surface area contributed by atoms with E-state index in [0.717, 1.165) is 0 Å². The first-order valence-corrected chi connectivity index (χ1v) is 7.83. The number of halogens is 3. The second-order valence-electron chi connectivity index (χ2n) is 5.19. The van der Waals surface area contributed by atoms with Crippen molar-refractivity contribution >= 4 is 40.8 Å². The van der Waals surface area contributed by atoms with Gasteiger partial charge in [-0.3, -0.25) is 9.59 Å². The molecule has 0 heterocycles. The molecular weight excluding hydrogens is 356 g/mol. The molecule has 2 aromatic carbocycles. The molecule has 1 atom stereocenters. The number of rotatable bonds is 6. The minimum atomic E-state index is -1.06. The van der Waals surface area contributed by atoms with Crippen LogP contribution in [-0.2, 0) is 9.59 Å². The second-order valence-corrected chi connectivity index (χ2v) is 6.00. The SMILES string of the molecule is O=C(O)C[C@H](CC(=O)Nc1ccc(F)cc1)c1c(Cl)cccc1Cl. The van der Waals surface area contributed by atoms with Gasteiger partial charge in [-0.25, -0.2) is 4.39 Å². The number of hydrogen-bond donors (Lipinski definition) is 2. The van der Waals surface area contributed by atoms with Crippen molar-refractivity contribution in [1.82, 2.24) is 0 Å². The molecule has 2 aromatic rings. The van der Waals surface area contributed by atoms with E-state index in [2.05, 4.69) is 5.32 Å². The van der Waals surface area contributed by atoms with Crippen molar-refractivity contribution in [2.24, 2.45) is 0 Å². The first-order chi connectivity index (χ1) is 11.4.